The molecule has 0 saturated carbocycles. The lowest BCUT2D eigenvalue weighted by Crippen LogP contribution is -2.01. The molecule has 0 bridgehead atoms. The van der Waals surface area contributed by atoms with E-state index in [0.29, 0.717) is 10.2 Å². The number of rotatable bonds is 5. The largest absolute Gasteiger partial charge is 0.506 e. The van der Waals surface area contributed by atoms with Gasteiger partial charge in [-0.05, 0) is 39.7 Å². The molecule has 0 aliphatic heterocycles. The quantitative estimate of drug-likeness (QED) is 0.639. The first-order valence-corrected chi connectivity index (χ1v) is 6.86. The van der Waals surface area contributed by atoms with Crippen molar-refractivity contribution in [1.29, 1.82) is 0 Å². The Kier molecular flexibility index (Phi) is 4.70. The molecule has 21 heavy (non-hydrogen) atoms. The molecular weight excluding hydrogens is 338 g/mol. The highest BCUT2D eigenvalue weighted by atomic mass is 79.9. The van der Waals surface area contributed by atoms with E-state index in [4.69, 9.17) is 9.47 Å². The Hall–Kier alpha value is -2.21. The number of aromatic amines is 1. The first-order chi connectivity index (χ1) is 10.1. The van der Waals surface area contributed by atoms with Crippen molar-refractivity contribution in [3.8, 4) is 17.2 Å². The van der Waals surface area contributed by atoms with Crippen molar-refractivity contribution < 1.29 is 19.4 Å². The second-order valence-corrected chi connectivity index (χ2v) is 4.95. The Bertz CT molecular complexity index is 677. The van der Waals surface area contributed by atoms with Crippen molar-refractivity contribution in [3.05, 3.63) is 46.2 Å². The van der Waals surface area contributed by atoms with E-state index in [-0.39, 0.29) is 22.8 Å². The van der Waals surface area contributed by atoms with Crippen LogP contribution in [0.5, 0.6) is 17.2 Å². The van der Waals surface area contributed by atoms with Crippen LogP contribution < -0.4 is 9.47 Å². The van der Waals surface area contributed by atoms with Gasteiger partial charge < -0.3 is 19.6 Å². The van der Waals surface area contributed by atoms with E-state index in [0.717, 1.165) is 5.56 Å². The molecule has 0 spiro atoms. The Balaban J connectivity index is 2.42. The number of ether oxygens (including phenoxy) is 2. The minimum Gasteiger partial charge on any atom is -0.506 e. The zero-order valence-corrected chi connectivity index (χ0v) is 13.1. The first kappa shape index (κ1) is 15.2. The monoisotopic (exact) mass is 351 g/mol. The average Bonchev–Trinajstić information content (AvgIpc) is 3.00. The molecule has 110 valence electrons. The van der Waals surface area contributed by atoms with Gasteiger partial charge in [-0.15, -0.1) is 0 Å². The van der Waals surface area contributed by atoms with Crippen LogP contribution in [0.1, 0.15) is 15.9 Å². The number of carbonyl (C=O) groups excluding carboxylic acids is 1. The van der Waals surface area contributed by atoms with Crippen LogP contribution in [-0.4, -0.2) is 30.1 Å². The second-order valence-electron chi connectivity index (χ2n) is 4.16. The molecule has 0 saturated heterocycles. The van der Waals surface area contributed by atoms with Gasteiger partial charge in [-0.25, -0.2) is 0 Å². The predicted molar refractivity (Wildman–Crippen MR) is 83.1 cm³/mol. The second kappa shape index (κ2) is 6.49. The summed E-state index contributed by atoms with van der Waals surface area (Å²) in [6, 6.07) is 3.37. The lowest BCUT2D eigenvalue weighted by atomic mass is 10.1. The van der Waals surface area contributed by atoms with Gasteiger partial charge in [0.15, 0.2) is 5.78 Å². The topological polar surface area (TPSA) is 71.5 Å². The van der Waals surface area contributed by atoms with E-state index in [1.807, 2.05) is 6.07 Å². The molecule has 0 radical (unpaired) electrons. The fraction of sp³-hybridized carbons (Fsp3) is 0.133. The molecule has 5 nitrogen and oxygen atoms in total. The van der Waals surface area contributed by atoms with Crippen LogP contribution in [0.15, 0.2) is 35.1 Å². The lowest BCUT2D eigenvalue weighted by Gasteiger charge is -2.12. The van der Waals surface area contributed by atoms with Crippen LogP contribution in [0.3, 0.4) is 0 Å². The number of ketones is 1. The fourth-order valence-electron chi connectivity index (χ4n) is 1.84. The molecule has 0 atom stereocenters. The molecule has 1 aromatic carbocycles. The van der Waals surface area contributed by atoms with Crippen LogP contribution in [-0.2, 0) is 0 Å². The molecule has 1 heterocycles. The summed E-state index contributed by atoms with van der Waals surface area (Å²) in [6.07, 6.45) is 6.53. The Morgan fingerprint density at radius 3 is 2.62 bits per heavy atom. The van der Waals surface area contributed by atoms with E-state index in [2.05, 4.69) is 20.9 Å². The third-order valence-corrected chi connectivity index (χ3v) is 3.67. The van der Waals surface area contributed by atoms with Crippen molar-refractivity contribution in [3.63, 3.8) is 0 Å². The smallest absolute Gasteiger partial charge is 0.193 e. The summed E-state index contributed by atoms with van der Waals surface area (Å²) in [5, 5.41) is 10.2. The summed E-state index contributed by atoms with van der Waals surface area (Å²) in [4.78, 5) is 15.2. The van der Waals surface area contributed by atoms with Gasteiger partial charge in [0, 0.05) is 18.5 Å². The van der Waals surface area contributed by atoms with Gasteiger partial charge in [-0.1, -0.05) is 0 Å². The number of phenolic OH excluding ortho intramolecular Hbond substituents is 1. The molecule has 2 aromatic rings. The maximum atomic E-state index is 12.3. The van der Waals surface area contributed by atoms with Crippen molar-refractivity contribution >= 4 is 27.8 Å². The lowest BCUT2D eigenvalue weighted by molar-refractivity contribution is 0.104. The van der Waals surface area contributed by atoms with Crippen LogP contribution in [0.2, 0.25) is 0 Å². The number of phenols is 1. The molecule has 0 aliphatic carbocycles. The van der Waals surface area contributed by atoms with Crippen molar-refractivity contribution in [1.82, 2.24) is 4.98 Å². The van der Waals surface area contributed by atoms with Gasteiger partial charge in [0.25, 0.3) is 0 Å². The number of nitrogens with one attached hydrogen (secondary N) is 1. The van der Waals surface area contributed by atoms with Gasteiger partial charge in [0.1, 0.15) is 27.3 Å². The zero-order valence-electron chi connectivity index (χ0n) is 11.5. The fourth-order valence-corrected chi connectivity index (χ4v) is 2.32. The van der Waals surface area contributed by atoms with Gasteiger partial charge in [0.05, 0.1) is 14.2 Å². The molecule has 0 aliphatic rings. The summed E-state index contributed by atoms with van der Waals surface area (Å²) in [5.74, 6) is 0.0515. The van der Waals surface area contributed by atoms with Crippen LogP contribution in [0.25, 0.3) is 6.08 Å². The molecular formula is C15H14BrNO4. The Labute approximate surface area is 130 Å². The predicted octanol–water partition coefficient (Wildman–Crippen LogP) is 3.40. The number of benzene rings is 1. The maximum Gasteiger partial charge on any atom is 0.193 e. The molecule has 2 rings (SSSR count). The normalized spacial score (nSPS) is 10.8. The van der Waals surface area contributed by atoms with Gasteiger partial charge in [-0.2, -0.15) is 0 Å². The number of hydrogen-bond donors (Lipinski definition) is 2. The molecule has 6 heteroatoms. The summed E-state index contributed by atoms with van der Waals surface area (Å²) >= 11 is 3.20. The average molecular weight is 352 g/mol. The van der Waals surface area contributed by atoms with Crippen molar-refractivity contribution in [2.24, 2.45) is 0 Å². The molecule has 0 unspecified atom stereocenters. The highest BCUT2D eigenvalue weighted by molar-refractivity contribution is 9.10. The highest BCUT2D eigenvalue weighted by Gasteiger charge is 2.21. The third-order valence-electron chi connectivity index (χ3n) is 2.91. The molecule has 2 N–H and O–H groups in total. The van der Waals surface area contributed by atoms with Crippen molar-refractivity contribution in [2.75, 3.05) is 14.2 Å². The van der Waals surface area contributed by atoms with Crippen LogP contribution in [0.4, 0.5) is 0 Å². The minimum absolute atomic E-state index is 0.0805. The van der Waals surface area contributed by atoms with Gasteiger partial charge in [0.2, 0.25) is 0 Å². The van der Waals surface area contributed by atoms with E-state index in [9.17, 15) is 9.90 Å². The number of hydrogen-bond acceptors (Lipinski definition) is 4. The Morgan fingerprint density at radius 1 is 1.33 bits per heavy atom. The first-order valence-electron chi connectivity index (χ1n) is 6.07. The van der Waals surface area contributed by atoms with Gasteiger partial charge in [-0.3, -0.25) is 4.79 Å². The van der Waals surface area contributed by atoms with E-state index in [1.54, 1.807) is 24.5 Å². The van der Waals surface area contributed by atoms with E-state index in [1.165, 1.54) is 20.3 Å². The number of halogens is 1. The minimum atomic E-state index is -0.367. The van der Waals surface area contributed by atoms with E-state index < -0.39 is 0 Å². The Morgan fingerprint density at radius 2 is 2.05 bits per heavy atom. The molecule has 1 aromatic heterocycles. The SMILES string of the molecule is COc1cc(OC)c(C(=O)/C=C/c2cc[nH]c2)c(O)c1Br. The number of H-pyrrole nitrogens is 1. The third kappa shape index (κ3) is 3.11. The summed E-state index contributed by atoms with van der Waals surface area (Å²) in [6.45, 7) is 0. The highest BCUT2D eigenvalue weighted by Crippen LogP contribution is 2.42. The van der Waals surface area contributed by atoms with Gasteiger partial charge >= 0.3 is 0 Å². The van der Waals surface area contributed by atoms with E-state index >= 15 is 0 Å². The standard InChI is InChI=1S/C15H14BrNO4/c1-20-11-7-12(21-2)14(16)15(19)13(11)10(18)4-3-9-5-6-17-8-9/h3-8,17,19H,1-2H3/b4-3+. The number of aromatic hydroxyl groups is 1. The summed E-state index contributed by atoms with van der Waals surface area (Å²) < 4.78 is 10.6. The number of carbonyl (C=O) groups is 1. The number of allylic oxidation sites excluding steroid dienone is 1. The van der Waals surface area contributed by atoms with Crippen LogP contribution in [0, 0.1) is 0 Å². The maximum absolute atomic E-state index is 12.3. The molecule has 0 amide bonds. The number of methoxy groups -OCH3 is 2. The van der Waals surface area contributed by atoms with Crippen molar-refractivity contribution in [2.45, 2.75) is 0 Å². The molecule has 0 fully saturated rings. The zero-order chi connectivity index (χ0) is 15.4. The summed E-state index contributed by atoms with van der Waals surface area (Å²) in [5.41, 5.74) is 0.936. The summed E-state index contributed by atoms with van der Waals surface area (Å²) in [7, 11) is 2.89. The van der Waals surface area contributed by atoms with Crippen LogP contribution >= 0.6 is 15.9 Å². The number of aromatic nitrogens is 1.